The molecule has 62 heavy (non-hydrogen) atoms. The molecule has 0 spiro atoms. The fourth-order valence-corrected chi connectivity index (χ4v) is 7.55. The molecule has 0 fully saturated rings. The van der Waals surface area contributed by atoms with Crippen molar-refractivity contribution in [2.24, 2.45) is 0 Å². The van der Waals surface area contributed by atoms with Crippen LogP contribution < -0.4 is 0 Å². The van der Waals surface area contributed by atoms with Gasteiger partial charge in [-0.2, -0.15) is 0 Å². The van der Waals surface area contributed by atoms with Gasteiger partial charge in [0.1, 0.15) is 11.6 Å². The number of hydrogen-bond donors (Lipinski definition) is 1. The summed E-state index contributed by atoms with van der Waals surface area (Å²) in [4.78, 5) is 9.78. The van der Waals surface area contributed by atoms with Gasteiger partial charge in [0.2, 0.25) is 0 Å². The molecule has 4 heteroatoms. The Labute approximate surface area is 400 Å². The summed E-state index contributed by atoms with van der Waals surface area (Å²) >= 11 is 0. The molecule has 0 atom stereocenters. The standard InChI is InChI=1S/C58H61N3O/c1-55(2,3)43-25-21-39(22-26-43)40-29-30-59-50(34-40)42-31-41(32-44(33-42)56(4,5)6)47-19-16-20-51-52(47)60-54(48-35-45(57(7,8)9)36-49(53(48)62)58(10,11)12)61(51)46-27-23-38(24-28-46)37-17-14-13-15-18-37/h13-36,62H,1-12H3/i1D3,2D3,3D3,4D3,5D3,6D3,21D,22D,25D,26D. The lowest BCUT2D eigenvalue weighted by atomic mass is 9.79. The number of phenols is 1. The van der Waals surface area contributed by atoms with Crippen molar-refractivity contribution < 1.29 is 35.3 Å². The summed E-state index contributed by atoms with van der Waals surface area (Å²) in [6.45, 7) is -11.1. The van der Waals surface area contributed by atoms with Gasteiger partial charge in [-0.15, -0.1) is 0 Å². The van der Waals surface area contributed by atoms with E-state index in [2.05, 4.69) is 4.98 Å². The van der Waals surface area contributed by atoms with Crippen LogP contribution in [0.4, 0.5) is 0 Å². The first-order valence-corrected chi connectivity index (χ1v) is 20.1. The minimum atomic E-state index is -3.94. The van der Waals surface area contributed by atoms with Crippen molar-refractivity contribution in [2.75, 3.05) is 0 Å². The van der Waals surface area contributed by atoms with E-state index in [1.54, 1.807) is 18.2 Å². The van der Waals surface area contributed by atoms with Gasteiger partial charge in [-0.1, -0.05) is 174 Å². The molecule has 8 rings (SSSR count). The smallest absolute Gasteiger partial charge is 0.149 e. The van der Waals surface area contributed by atoms with Crippen molar-refractivity contribution >= 4 is 11.0 Å². The molecule has 0 radical (unpaired) electrons. The van der Waals surface area contributed by atoms with E-state index < -0.39 is 104 Å². The predicted octanol–water partition coefficient (Wildman–Crippen LogP) is 15.7. The van der Waals surface area contributed by atoms with Crippen LogP contribution in [-0.2, 0) is 21.7 Å². The Morgan fingerprint density at radius 3 is 1.82 bits per heavy atom. The summed E-state index contributed by atoms with van der Waals surface area (Å²) in [7, 11) is 0. The molecular formula is C58H61N3O. The number of imidazole rings is 1. The van der Waals surface area contributed by atoms with Crippen LogP contribution in [0, 0.1) is 0 Å². The maximum absolute atomic E-state index is 12.4. The van der Waals surface area contributed by atoms with Gasteiger partial charge in [0.15, 0.2) is 0 Å². The third-order valence-corrected chi connectivity index (χ3v) is 11.0. The molecule has 0 bridgehead atoms. The monoisotopic (exact) mass is 838 g/mol. The Bertz CT molecular complexity index is 3730. The molecular weight excluding hydrogens is 755 g/mol. The SMILES string of the molecule is [2H]c1c([2H])c(C(C([2H])([2H])[2H])(C([2H])([2H])[2H])C([2H])([2H])[2H])c([2H])c([2H])c1-c1ccnc(-c2cc(-c3cccc4c3nc(-c3cc(C(C)(C)C)cc(C(C)(C)C)c3O)n4-c3ccc(-c4ccccc4)cc3)cc(C(C([2H])([2H])[2H])(C([2H])([2H])[2H])C([2H])([2H])[2H])c2)c1. The molecule has 0 unspecified atom stereocenters. The first kappa shape index (κ1) is 23.3. The number of aromatic hydroxyl groups is 1. The van der Waals surface area contributed by atoms with E-state index >= 15 is 0 Å². The molecule has 314 valence electrons. The third kappa shape index (κ3) is 8.36. The van der Waals surface area contributed by atoms with Crippen LogP contribution in [0.5, 0.6) is 5.75 Å². The Kier molecular flexibility index (Phi) is 5.84. The second-order valence-electron chi connectivity index (χ2n) is 17.8. The Balaban J connectivity index is 1.48. The third-order valence-electron chi connectivity index (χ3n) is 11.0. The number of hydrogen-bond acceptors (Lipinski definition) is 3. The first-order valence-electron chi connectivity index (χ1n) is 31.1. The fraction of sp³-hybridized carbons (Fsp3) is 0.276. The highest BCUT2D eigenvalue weighted by molar-refractivity contribution is 5.97. The average Bonchev–Trinajstić information content (AvgIpc) is 0.857. The number of phenolic OH excluding ortho intramolecular Hbond substituents is 1. The highest BCUT2D eigenvalue weighted by Gasteiger charge is 2.29. The van der Waals surface area contributed by atoms with Crippen LogP contribution in [0.25, 0.3) is 72.7 Å². The van der Waals surface area contributed by atoms with E-state index in [1.165, 1.54) is 18.2 Å². The second kappa shape index (κ2) is 15.6. The number of fused-ring (bicyclic) bond motifs is 1. The number of pyridine rings is 1. The van der Waals surface area contributed by atoms with E-state index in [0.29, 0.717) is 22.3 Å². The van der Waals surface area contributed by atoms with Gasteiger partial charge in [-0.3, -0.25) is 9.55 Å². The van der Waals surface area contributed by atoms with E-state index in [-0.39, 0.29) is 45.0 Å². The lowest BCUT2D eigenvalue weighted by Gasteiger charge is -2.27. The van der Waals surface area contributed by atoms with Crippen molar-refractivity contribution in [2.45, 2.75) is 104 Å². The molecule has 0 saturated heterocycles. The minimum Gasteiger partial charge on any atom is -0.507 e. The lowest BCUT2D eigenvalue weighted by molar-refractivity contribution is 0.446. The molecule has 0 amide bonds. The zero-order chi connectivity index (χ0) is 62.8. The molecule has 0 aliphatic heterocycles. The number of benzene rings is 6. The van der Waals surface area contributed by atoms with Gasteiger partial charge in [-0.05, 0) is 115 Å². The molecule has 0 aliphatic carbocycles. The number of aromatic nitrogens is 3. The van der Waals surface area contributed by atoms with E-state index in [1.807, 2.05) is 113 Å². The normalized spacial score (nSPS) is 19.0. The summed E-state index contributed by atoms with van der Waals surface area (Å²) in [5.41, 5.74) is -6.44. The Hall–Kier alpha value is -6.26. The van der Waals surface area contributed by atoms with Crippen molar-refractivity contribution in [3.05, 3.63) is 168 Å². The maximum atomic E-state index is 12.4. The van der Waals surface area contributed by atoms with Crippen LogP contribution in [0.1, 0.15) is 135 Å². The summed E-state index contributed by atoms with van der Waals surface area (Å²) in [5, 5.41) is 12.4. The van der Waals surface area contributed by atoms with Crippen molar-refractivity contribution in [1.82, 2.24) is 14.5 Å². The van der Waals surface area contributed by atoms with Crippen LogP contribution in [-0.4, -0.2) is 19.6 Å². The zero-order valence-corrected chi connectivity index (χ0v) is 35.3. The van der Waals surface area contributed by atoms with Gasteiger partial charge >= 0.3 is 0 Å². The maximum Gasteiger partial charge on any atom is 0.149 e. The number of rotatable bonds is 6. The van der Waals surface area contributed by atoms with Gasteiger partial charge in [-0.25, -0.2) is 4.98 Å². The van der Waals surface area contributed by atoms with E-state index in [0.717, 1.165) is 35.0 Å². The van der Waals surface area contributed by atoms with Crippen LogP contribution in [0.3, 0.4) is 0 Å². The largest absolute Gasteiger partial charge is 0.507 e. The van der Waals surface area contributed by atoms with Gasteiger partial charge < -0.3 is 5.11 Å². The molecule has 0 saturated carbocycles. The summed E-state index contributed by atoms with van der Waals surface area (Å²) < 4.78 is 191. The summed E-state index contributed by atoms with van der Waals surface area (Å²) in [6.07, 6.45) is 1.14. The van der Waals surface area contributed by atoms with E-state index in [9.17, 15) is 5.11 Å². The molecule has 4 nitrogen and oxygen atoms in total. The molecule has 2 heterocycles. The van der Waals surface area contributed by atoms with Gasteiger partial charge in [0.25, 0.3) is 0 Å². The second-order valence-corrected chi connectivity index (χ2v) is 17.8. The van der Waals surface area contributed by atoms with Crippen molar-refractivity contribution in [3.63, 3.8) is 0 Å². The molecule has 2 aromatic heterocycles. The van der Waals surface area contributed by atoms with Crippen LogP contribution in [0.15, 0.2) is 146 Å². The van der Waals surface area contributed by atoms with Gasteiger partial charge in [0, 0.05) is 53.2 Å². The molecule has 8 aromatic rings. The summed E-state index contributed by atoms with van der Waals surface area (Å²) in [5.74, 6) is 0.219. The Morgan fingerprint density at radius 2 is 1.16 bits per heavy atom. The molecule has 1 N–H and O–H groups in total. The fourth-order valence-electron chi connectivity index (χ4n) is 7.55. The van der Waals surface area contributed by atoms with Crippen molar-refractivity contribution in [3.8, 4) is 67.5 Å². The number of nitrogens with zero attached hydrogens (tertiary/aromatic N) is 3. The zero-order valence-electron chi connectivity index (χ0n) is 57.3. The predicted molar refractivity (Wildman–Crippen MR) is 263 cm³/mol. The Morgan fingerprint density at radius 1 is 0.516 bits per heavy atom. The molecule has 0 aliphatic rings. The number of para-hydroxylation sites is 1. The molecule has 6 aromatic carbocycles. The summed E-state index contributed by atoms with van der Waals surface area (Å²) in [6, 6.07) is 27.7. The van der Waals surface area contributed by atoms with Crippen molar-refractivity contribution in [1.29, 1.82) is 0 Å². The average molecular weight is 838 g/mol. The van der Waals surface area contributed by atoms with Gasteiger partial charge in [0.05, 0.1) is 27.8 Å². The first-order chi connectivity index (χ1) is 38.3. The minimum absolute atomic E-state index is 0.0324. The topological polar surface area (TPSA) is 50.9 Å². The van der Waals surface area contributed by atoms with Crippen LogP contribution in [0.2, 0.25) is 0 Å². The highest BCUT2D eigenvalue weighted by atomic mass is 16.3. The van der Waals surface area contributed by atoms with Crippen LogP contribution >= 0.6 is 0 Å². The highest BCUT2D eigenvalue weighted by Crippen LogP contribution is 2.45. The van der Waals surface area contributed by atoms with E-state index in [4.69, 9.17) is 35.1 Å². The quantitative estimate of drug-likeness (QED) is 0.181. The lowest BCUT2D eigenvalue weighted by Crippen LogP contribution is -2.17.